The van der Waals surface area contributed by atoms with Gasteiger partial charge < -0.3 is 15.0 Å². The number of ether oxygens (including phenoxy) is 1. The number of carbonyl (C=O) groups is 2. The van der Waals surface area contributed by atoms with Gasteiger partial charge in [0.2, 0.25) is 11.8 Å². The number of carbonyl (C=O) groups excluding carboxylic acids is 2. The maximum atomic E-state index is 13.2. The number of nitrogens with zero attached hydrogens (tertiary/aromatic N) is 1. The van der Waals surface area contributed by atoms with Crippen molar-refractivity contribution in [1.82, 2.24) is 15.7 Å². The highest BCUT2D eigenvalue weighted by Crippen LogP contribution is 2.52. The Morgan fingerprint density at radius 1 is 1.34 bits per heavy atom. The van der Waals surface area contributed by atoms with Crippen molar-refractivity contribution in [3.05, 3.63) is 35.4 Å². The molecule has 7 nitrogen and oxygen atoms in total. The lowest BCUT2D eigenvalue weighted by atomic mass is 9.81. The average Bonchev–Trinajstić information content (AvgIpc) is 3.51. The van der Waals surface area contributed by atoms with Gasteiger partial charge in [-0.1, -0.05) is 12.1 Å². The summed E-state index contributed by atoms with van der Waals surface area (Å²) in [5.41, 5.74) is 5.46. The molecule has 2 atom stereocenters. The number of piperidine rings is 1. The van der Waals surface area contributed by atoms with Gasteiger partial charge in [-0.15, -0.1) is 0 Å². The third kappa shape index (κ3) is 3.89. The van der Waals surface area contributed by atoms with Crippen LogP contribution in [0, 0.1) is 18.3 Å². The first kappa shape index (κ1) is 19.9. The van der Waals surface area contributed by atoms with Crippen LogP contribution in [0.2, 0.25) is 0 Å². The van der Waals surface area contributed by atoms with Crippen molar-refractivity contribution in [3.63, 3.8) is 0 Å². The summed E-state index contributed by atoms with van der Waals surface area (Å²) < 4.78 is 5.28. The Hall–Kier alpha value is -2.38. The predicted molar refractivity (Wildman–Crippen MR) is 108 cm³/mol. The fourth-order valence-corrected chi connectivity index (χ4v) is 4.70. The predicted octanol–water partition coefficient (Wildman–Crippen LogP) is 1.88. The molecule has 29 heavy (non-hydrogen) atoms. The maximum Gasteiger partial charge on any atom is 0.248 e. The van der Waals surface area contributed by atoms with Crippen LogP contribution in [-0.4, -0.2) is 54.7 Å². The van der Waals surface area contributed by atoms with Crippen molar-refractivity contribution in [2.24, 2.45) is 11.3 Å². The van der Waals surface area contributed by atoms with Crippen LogP contribution in [-0.2, 0) is 9.59 Å². The normalized spacial score (nSPS) is 25.3. The van der Waals surface area contributed by atoms with E-state index >= 15 is 0 Å². The molecule has 156 valence electrons. The van der Waals surface area contributed by atoms with Gasteiger partial charge in [0.15, 0.2) is 0 Å². The highest BCUT2D eigenvalue weighted by Gasteiger charge is 2.52. The molecule has 1 aromatic carbocycles. The lowest BCUT2D eigenvalue weighted by Crippen LogP contribution is -2.59. The zero-order valence-corrected chi connectivity index (χ0v) is 17.0. The zero-order chi connectivity index (χ0) is 20.6. The molecule has 2 fully saturated rings. The number of methoxy groups -OCH3 is 1. The quantitative estimate of drug-likeness (QED) is 0.531. The lowest BCUT2D eigenvalue weighted by molar-refractivity contribution is -0.144. The van der Waals surface area contributed by atoms with Gasteiger partial charge in [-0.25, -0.2) is 5.48 Å². The fourth-order valence-electron chi connectivity index (χ4n) is 4.70. The first-order valence-electron chi connectivity index (χ1n) is 10.3. The topological polar surface area (TPSA) is 90.9 Å². The number of rotatable bonds is 4. The second-order valence-electron chi connectivity index (χ2n) is 8.59. The van der Waals surface area contributed by atoms with Crippen LogP contribution in [0.1, 0.15) is 36.8 Å². The van der Waals surface area contributed by atoms with Crippen molar-refractivity contribution >= 4 is 17.4 Å². The first-order valence-corrected chi connectivity index (χ1v) is 10.3. The Kier molecular flexibility index (Phi) is 5.36. The number of hydroxylamine groups is 1. The number of hydrogen-bond donors (Lipinski definition) is 3. The van der Waals surface area contributed by atoms with E-state index in [-0.39, 0.29) is 11.3 Å². The van der Waals surface area contributed by atoms with Crippen LogP contribution in [0.15, 0.2) is 24.3 Å². The summed E-state index contributed by atoms with van der Waals surface area (Å²) >= 11 is 0. The van der Waals surface area contributed by atoms with Crippen LogP contribution in [0.25, 0.3) is 5.57 Å². The molecule has 1 aromatic rings. The van der Waals surface area contributed by atoms with Gasteiger partial charge in [0.1, 0.15) is 5.75 Å². The highest BCUT2D eigenvalue weighted by atomic mass is 16.5. The number of hydrogen-bond acceptors (Lipinski definition) is 5. The Labute approximate surface area is 171 Å². The van der Waals surface area contributed by atoms with Crippen molar-refractivity contribution in [1.29, 1.82) is 0 Å². The Morgan fingerprint density at radius 3 is 2.72 bits per heavy atom. The van der Waals surface area contributed by atoms with E-state index in [1.807, 2.05) is 17.0 Å². The molecule has 0 radical (unpaired) electrons. The molecule has 2 unspecified atom stereocenters. The molecule has 0 bridgehead atoms. The van der Waals surface area contributed by atoms with Gasteiger partial charge in [0.25, 0.3) is 0 Å². The summed E-state index contributed by atoms with van der Waals surface area (Å²) in [5, 5.41) is 12.4. The van der Waals surface area contributed by atoms with Crippen LogP contribution in [0.4, 0.5) is 0 Å². The second kappa shape index (κ2) is 7.80. The first-order chi connectivity index (χ1) is 14.0. The van der Waals surface area contributed by atoms with E-state index in [4.69, 9.17) is 9.94 Å². The second-order valence-corrected chi connectivity index (χ2v) is 8.59. The fraction of sp³-hybridized carbons (Fsp3) is 0.545. The van der Waals surface area contributed by atoms with Crippen LogP contribution in [0.3, 0.4) is 0 Å². The SMILES string of the molecule is COc1ccc(C2=CCN(C(=O)C3NCC4(CC4)CC3C(=O)NO)CC2)c(C)c1. The minimum Gasteiger partial charge on any atom is -0.497 e. The molecule has 3 N–H and O–H groups in total. The summed E-state index contributed by atoms with van der Waals surface area (Å²) in [6.07, 6.45) is 5.68. The van der Waals surface area contributed by atoms with Gasteiger partial charge in [0, 0.05) is 19.6 Å². The van der Waals surface area contributed by atoms with Crippen molar-refractivity contribution < 1.29 is 19.5 Å². The van der Waals surface area contributed by atoms with Gasteiger partial charge in [-0.3, -0.25) is 14.8 Å². The van der Waals surface area contributed by atoms with E-state index in [0.29, 0.717) is 19.5 Å². The van der Waals surface area contributed by atoms with E-state index in [1.54, 1.807) is 12.6 Å². The summed E-state index contributed by atoms with van der Waals surface area (Å²) in [4.78, 5) is 27.2. The molecule has 1 aliphatic carbocycles. The average molecular weight is 399 g/mol. The number of nitrogens with one attached hydrogen (secondary N) is 2. The zero-order valence-electron chi connectivity index (χ0n) is 17.0. The van der Waals surface area contributed by atoms with E-state index in [2.05, 4.69) is 24.4 Å². The number of amides is 2. The monoisotopic (exact) mass is 399 g/mol. The highest BCUT2D eigenvalue weighted by molar-refractivity contribution is 5.90. The molecule has 4 rings (SSSR count). The molecule has 1 saturated heterocycles. The summed E-state index contributed by atoms with van der Waals surface area (Å²) in [5.74, 6) is -0.220. The molecule has 1 saturated carbocycles. The molecule has 2 heterocycles. The molecule has 0 aromatic heterocycles. The minimum absolute atomic E-state index is 0.0594. The van der Waals surface area contributed by atoms with E-state index in [1.165, 1.54) is 11.1 Å². The van der Waals surface area contributed by atoms with E-state index in [9.17, 15) is 9.59 Å². The summed E-state index contributed by atoms with van der Waals surface area (Å²) in [6.45, 7) is 3.97. The molecule has 3 aliphatic rings. The largest absolute Gasteiger partial charge is 0.497 e. The molecule has 7 heteroatoms. The van der Waals surface area contributed by atoms with E-state index < -0.39 is 17.9 Å². The third-order valence-electron chi connectivity index (χ3n) is 6.72. The minimum atomic E-state index is -0.578. The van der Waals surface area contributed by atoms with Gasteiger partial charge in [0.05, 0.1) is 19.1 Å². The lowest BCUT2D eigenvalue weighted by Gasteiger charge is -2.38. The third-order valence-corrected chi connectivity index (χ3v) is 6.72. The smallest absolute Gasteiger partial charge is 0.248 e. The molecule has 2 amide bonds. The van der Waals surface area contributed by atoms with Crippen molar-refractivity contribution in [3.8, 4) is 5.75 Å². The molecule has 2 aliphatic heterocycles. The number of benzene rings is 1. The van der Waals surface area contributed by atoms with Gasteiger partial charge >= 0.3 is 0 Å². The van der Waals surface area contributed by atoms with E-state index in [0.717, 1.165) is 37.1 Å². The summed E-state index contributed by atoms with van der Waals surface area (Å²) in [6, 6.07) is 5.46. The van der Waals surface area contributed by atoms with Crippen LogP contribution >= 0.6 is 0 Å². The van der Waals surface area contributed by atoms with Crippen molar-refractivity contribution in [2.45, 2.75) is 38.6 Å². The van der Waals surface area contributed by atoms with Crippen LogP contribution in [0.5, 0.6) is 5.75 Å². The molecular formula is C22H29N3O4. The van der Waals surface area contributed by atoms with Crippen molar-refractivity contribution in [2.75, 3.05) is 26.7 Å². The standard InChI is InChI=1S/C22H29N3O4/c1-14-11-16(29-2)3-4-17(14)15-5-9-25(10-6-15)21(27)19-18(20(26)24-28)12-22(7-8-22)13-23-19/h3-5,11,18-19,23,28H,6-10,12-13H2,1-2H3,(H,24,26). The maximum absolute atomic E-state index is 13.2. The Bertz CT molecular complexity index is 846. The summed E-state index contributed by atoms with van der Waals surface area (Å²) in [7, 11) is 1.66. The Morgan fingerprint density at radius 2 is 2.14 bits per heavy atom. The Balaban J connectivity index is 1.46. The van der Waals surface area contributed by atoms with Crippen LogP contribution < -0.4 is 15.5 Å². The van der Waals surface area contributed by atoms with Gasteiger partial charge in [-0.2, -0.15) is 0 Å². The molecular weight excluding hydrogens is 370 g/mol. The molecule has 1 spiro atoms. The van der Waals surface area contributed by atoms with Gasteiger partial charge in [-0.05, 0) is 66.9 Å². The number of aryl methyl sites for hydroxylation is 1.